The molecule has 0 spiro atoms. The monoisotopic (exact) mass is 433 g/mol. The first-order chi connectivity index (χ1) is 14.4. The van der Waals surface area contributed by atoms with Crippen molar-refractivity contribution in [3.05, 3.63) is 41.3 Å². The van der Waals surface area contributed by atoms with E-state index in [9.17, 15) is 4.39 Å². The van der Waals surface area contributed by atoms with E-state index in [0.717, 1.165) is 44.7 Å². The first kappa shape index (κ1) is 21.0. The van der Waals surface area contributed by atoms with Gasteiger partial charge in [0, 0.05) is 50.7 Å². The molecule has 7 heteroatoms. The Labute approximate surface area is 182 Å². The highest BCUT2D eigenvalue weighted by atomic mass is 35.5. The first-order valence-electron chi connectivity index (χ1n) is 10.6. The topological polar surface area (TPSA) is 37.8 Å². The van der Waals surface area contributed by atoms with Gasteiger partial charge in [0.25, 0.3) is 0 Å². The van der Waals surface area contributed by atoms with Crippen molar-refractivity contribution < 1.29 is 13.9 Å². The molecule has 1 aromatic heterocycles. The summed E-state index contributed by atoms with van der Waals surface area (Å²) in [5.74, 6) is 1.81. The van der Waals surface area contributed by atoms with Gasteiger partial charge in [-0.1, -0.05) is 25.4 Å². The first-order valence-corrected chi connectivity index (χ1v) is 11.0. The van der Waals surface area contributed by atoms with E-state index in [0.29, 0.717) is 28.3 Å². The zero-order chi connectivity index (χ0) is 21.3. The Kier molecular flexibility index (Phi) is 6.23. The van der Waals surface area contributed by atoms with Crippen LogP contribution in [-0.4, -0.2) is 44.4 Å². The second kappa shape index (κ2) is 8.88. The molecular weight excluding hydrogens is 405 g/mol. The minimum Gasteiger partial charge on any atom is -0.490 e. The highest BCUT2D eigenvalue weighted by Crippen LogP contribution is 2.34. The molecule has 0 N–H and O–H groups in total. The fraction of sp³-hybridized carbons (Fsp3) is 0.522. The van der Waals surface area contributed by atoms with Crippen LogP contribution in [0, 0.1) is 17.7 Å². The zero-order valence-corrected chi connectivity index (χ0v) is 18.5. The van der Waals surface area contributed by atoms with E-state index in [1.165, 1.54) is 6.07 Å². The molecule has 2 aliphatic heterocycles. The third-order valence-electron chi connectivity index (χ3n) is 6.16. The van der Waals surface area contributed by atoms with Gasteiger partial charge in [-0.2, -0.15) is 0 Å². The van der Waals surface area contributed by atoms with E-state index in [-0.39, 0.29) is 17.8 Å². The standard InChI is InChI=1S/C23H29ClFN3O2/c1-15-6-8-27(13-15)20-5-4-17(10-19(20)25)30-22-7-9-28(14-16(22)2)21-11-23(29-3)26-12-18(21)24/h4-5,10-12,15-16,22H,6-9,13-14H2,1-3H3. The number of halogens is 2. The summed E-state index contributed by atoms with van der Waals surface area (Å²) >= 11 is 6.36. The third kappa shape index (κ3) is 4.43. The molecular formula is C23H29ClFN3O2. The molecule has 3 unspecified atom stereocenters. The summed E-state index contributed by atoms with van der Waals surface area (Å²) in [6, 6.07) is 7.14. The van der Waals surface area contributed by atoms with E-state index in [1.54, 1.807) is 13.3 Å². The van der Waals surface area contributed by atoms with Crippen LogP contribution >= 0.6 is 11.6 Å². The SMILES string of the molecule is COc1cc(N2CCC(Oc3ccc(N4CCC(C)C4)c(F)c3)C(C)C2)c(Cl)cn1. The van der Waals surface area contributed by atoms with Gasteiger partial charge in [0.05, 0.1) is 29.7 Å². The van der Waals surface area contributed by atoms with Crippen LogP contribution in [-0.2, 0) is 0 Å². The number of benzene rings is 1. The molecule has 162 valence electrons. The lowest BCUT2D eigenvalue weighted by atomic mass is 9.96. The molecule has 3 atom stereocenters. The van der Waals surface area contributed by atoms with Crippen molar-refractivity contribution in [2.24, 2.45) is 11.8 Å². The van der Waals surface area contributed by atoms with Gasteiger partial charge in [-0.25, -0.2) is 9.37 Å². The van der Waals surface area contributed by atoms with Crippen molar-refractivity contribution >= 4 is 23.0 Å². The van der Waals surface area contributed by atoms with Crippen LogP contribution in [0.25, 0.3) is 0 Å². The molecule has 2 fully saturated rings. The quantitative estimate of drug-likeness (QED) is 0.661. The summed E-state index contributed by atoms with van der Waals surface area (Å²) in [4.78, 5) is 8.50. The average molecular weight is 434 g/mol. The van der Waals surface area contributed by atoms with E-state index in [4.69, 9.17) is 21.1 Å². The summed E-state index contributed by atoms with van der Waals surface area (Å²) in [5.41, 5.74) is 1.60. The van der Waals surface area contributed by atoms with Gasteiger partial charge in [-0.05, 0) is 24.5 Å². The Morgan fingerprint density at radius 2 is 1.83 bits per heavy atom. The van der Waals surface area contributed by atoms with E-state index >= 15 is 0 Å². The molecule has 3 heterocycles. The van der Waals surface area contributed by atoms with Gasteiger partial charge < -0.3 is 19.3 Å². The molecule has 1 aromatic carbocycles. The number of piperidine rings is 1. The second-order valence-corrected chi connectivity index (χ2v) is 8.91. The molecule has 0 amide bonds. The predicted octanol–water partition coefficient (Wildman–Crippen LogP) is 5.02. The maximum Gasteiger partial charge on any atom is 0.215 e. The Hall–Kier alpha value is -2.21. The van der Waals surface area contributed by atoms with Gasteiger partial charge in [-0.15, -0.1) is 0 Å². The van der Waals surface area contributed by atoms with Crippen LogP contribution in [0.15, 0.2) is 30.5 Å². The van der Waals surface area contributed by atoms with Crippen LogP contribution in [0.2, 0.25) is 5.02 Å². The molecule has 0 aliphatic carbocycles. The van der Waals surface area contributed by atoms with Gasteiger partial charge >= 0.3 is 0 Å². The number of hydrogen-bond donors (Lipinski definition) is 0. The Bertz CT molecular complexity index is 897. The highest BCUT2D eigenvalue weighted by molar-refractivity contribution is 6.33. The predicted molar refractivity (Wildman–Crippen MR) is 119 cm³/mol. The van der Waals surface area contributed by atoms with Gasteiger partial charge in [-0.3, -0.25) is 0 Å². The maximum absolute atomic E-state index is 14.7. The van der Waals surface area contributed by atoms with Crippen molar-refractivity contribution in [2.75, 3.05) is 43.1 Å². The number of pyridine rings is 1. The summed E-state index contributed by atoms with van der Waals surface area (Å²) in [6.07, 6.45) is 3.59. The Morgan fingerprint density at radius 3 is 2.50 bits per heavy atom. The number of aromatic nitrogens is 1. The molecule has 0 bridgehead atoms. The summed E-state index contributed by atoms with van der Waals surface area (Å²) in [5, 5.41) is 0.608. The van der Waals surface area contributed by atoms with Gasteiger partial charge in [0.1, 0.15) is 17.7 Å². The zero-order valence-electron chi connectivity index (χ0n) is 17.8. The lowest BCUT2D eigenvalue weighted by Gasteiger charge is -2.38. The molecule has 4 rings (SSSR count). The van der Waals surface area contributed by atoms with Crippen LogP contribution in [0.3, 0.4) is 0 Å². The molecule has 2 aliphatic rings. The van der Waals surface area contributed by atoms with Gasteiger partial charge in [0.15, 0.2) is 0 Å². The van der Waals surface area contributed by atoms with Crippen molar-refractivity contribution in [3.8, 4) is 11.6 Å². The van der Waals surface area contributed by atoms with Crippen LogP contribution in [0.4, 0.5) is 15.8 Å². The van der Waals surface area contributed by atoms with E-state index in [2.05, 4.69) is 28.6 Å². The van der Waals surface area contributed by atoms with Crippen LogP contribution in [0.1, 0.15) is 26.7 Å². The normalized spacial score (nSPS) is 24.2. The molecule has 5 nitrogen and oxygen atoms in total. The van der Waals surface area contributed by atoms with E-state index < -0.39 is 0 Å². The highest BCUT2D eigenvalue weighted by Gasteiger charge is 2.29. The van der Waals surface area contributed by atoms with Crippen molar-refractivity contribution in [1.29, 1.82) is 0 Å². The number of methoxy groups -OCH3 is 1. The van der Waals surface area contributed by atoms with Crippen LogP contribution < -0.4 is 19.3 Å². The van der Waals surface area contributed by atoms with Crippen molar-refractivity contribution in [1.82, 2.24) is 4.98 Å². The molecule has 0 radical (unpaired) electrons. The number of rotatable bonds is 5. The fourth-order valence-corrected chi connectivity index (χ4v) is 4.65. The minimum atomic E-state index is -0.206. The largest absolute Gasteiger partial charge is 0.490 e. The lowest BCUT2D eigenvalue weighted by molar-refractivity contribution is 0.121. The summed E-state index contributed by atoms with van der Waals surface area (Å²) in [6.45, 7) is 7.78. The van der Waals surface area contributed by atoms with Gasteiger partial charge in [0.2, 0.25) is 5.88 Å². The average Bonchev–Trinajstić information content (AvgIpc) is 3.16. The smallest absolute Gasteiger partial charge is 0.215 e. The molecule has 0 saturated carbocycles. The minimum absolute atomic E-state index is 0.0285. The summed E-state index contributed by atoms with van der Waals surface area (Å²) < 4.78 is 26.1. The molecule has 2 aromatic rings. The fourth-order valence-electron chi connectivity index (χ4n) is 4.43. The Morgan fingerprint density at radius 1 is 1.07 bits per heavy atom. The van der Waals surface area contributed by atoms with Crippen LogP contribution in [0.5, 0.6) is 11.6 Å². The van der Waals surface area contributed by atoms with Crippen molar-refractivity contribution in [2.45, 2.75) is 32.8 Å². The molecule has 2 saturated heterocycles. The van der Waals surface area contributed by atoms with E-state index in [1.807, 2.05) is 18.2 Å². The summed E-state index contributed by atoms with van der Waals surface area (Å²) in [7, 11) is 1.59. The lowest BCUT2D eigenvalue weighted by Crippen LogP contribution is -2.44. The maximum atomic E-state index is 14.7. The second-order valence-electron chi connectivity index (χ2n) is 8.50. The number of hydrogen-bond acceptors (Lipinski definition) is 5. The number of nitrogens with zero attached hydrogens (tertiary/aromatic N) is 3. The molecule has 30 heavy (non-hydrogen) atoms. The van der Waals surface area contributed by atoms with Crippen molar-refractivity contribution in [3.63, 3.8) is 0 Å². The number of anilines is 2. The third-order valence-corrected chi connectivity index (χ3v) is 6.45. The number of ether oxygens (including phenoxy) is 2. The Balaban J connectivity index is 1.40.